The second kappa shape index (κ2) is 7.75. The Bertz CT molecular complexity index is 888. The van der Waals surface area contributed by atoms with Crippen LogP contribution >= 0.6 is 11.3 Å². The molecule has 4 heteroatoms. The van der Waals surface area contributed by atoms with Gasteiger partial charge in [0.15, 0.2) is 0 Å². The quantitative estimate of drug-likeness (QED) is 0.503. The fourth-order valence-corrected chi connectivity index (χ4v) is 4.18. The second-order valence-electron chi connectivity index (χ2n) is 6.64. The van der Waals surface area contributed by atoms with Crippen LogP contribution in [0.1, 0.15) is 29.7 Å². The van der Waals surface area contributed by atoms with Gasteiger partial charge in [-0.1, -0.05) is 36.4 Å². The fourth-order valence-electron chi connectivity index (χ4n) is 3.55. The Labute approximate surface area is 158 Å². The van der Waals surface area contributed by atoms with E-state index in [0.29, 0.717) is 5.84 Å². The van der Waals surface area contributed by atoms with Crippen molar-refractivity contribution < 1.29 is 0 Å². The molecule has 0 unspecified atom stereocenters. The van der Waals surface area contributed by atoms with Gasteiger partial charge in [0, 0.05) is 17.9 Å². The Morgan fingerprint density at radius 3 is 3.04 bits per heavy atom. The zero-order valence-corrected chi connectivity index (χ0v) is 15.5. The third-order valence-corrected chi connectivity index (χ3v) is 5.76. The highest BCUT2D eigenvalue weighted by molar-refractivity contribution is 7.12. The van der Waals surface area contributed by atoms with Gasteiger partial charge >= 0.3 is 0 Å². The smallest absolute Gasteiger partial charge is 0.140 e. The van der Waals surface area contributed by atoms with E-state index in [1.165, 1.54) is 22.4 Å². The molecular weight excluding hydrogens is 338 g/mol. The van der Waals surface area contributed by atoms with Crippen LogP contribution in [0.25, 0.3) is 0 Å². The molecule has 0 bridgehead atoms. The van der Waals surface area contributed by atoms with E-state index in [9.17, 15) is 0 Å². The molecule has 0 saturated carbocycles. The van der Waals surface area contributed by atoms with Gasteiger partial charge in [-0.15, -0.1) is 11.3 Å². The number of nitrogens with one attached hydrogen (secondary N) is 3. The van der Waals surface area contributed by atoms with E-state index in [1.807, 2.05) is 23.6 Å². The monoisotopic (exact) mass is 361 g/mol. The maximum absolute atomic E-state index is 8.19. The summed E-state index contributed by atoms with van der Waals surface area (Å²) in [4.78, 5) is 0.957. The molecule has 1 aromatic carbocycles. The average molecular weight is 362 g/mol. The minimum atomic E-state index is 0.458. The number of fused-ring (bicyclic) bond motifs is 1. The van der Waals surface area contributed by atoms with E-state index in [4.69, 9.17) is 5.41 Å². The van der Waals surface area contributed by atoms with Crippen LogP contribution in [0, 0.1) is 5.41 Å². The van der Waals surface area contributed by atoms with Gasteiger partial charge in [-0.05, 0) is 66.0 Å². The molecule has 0 fully saturated rings. The lowest BCUT2D eigenvalue weighted by Crippen LogP contribution is -2.24. The zero-order chi connectivity index (χ0) is 17.8. The first-order valence-electron chi connectivity index (χ1n) is 9.10. The average Bonchev–Trinajstić information content (AvgIpc) is 3.22. The number of hydrogen-bond donors (Lipinski definition) is 3. The van der Waals surface area contributed by atoms with Crippen LogP contribution in [-0.2, 0) is 6.42 Å². The molecule has 1 aromatic heterocycles. The van der Waals surface area contributed by atoms with Crippen molar-refractivity contribution in [3.05, 3.63) is 87.3 Å². The molecule has 132 valence electrons. The number of rotatable bonds is 5. The maximum Gasteiger partial charge on any atom is 0.140 e. The first-order valence-corrected chi connectivity index (χ1v) is 9.98. The highest BCUT2D eigenvalue weighted by Crippen LogP contribution is 2.29. The molecule has 0 spiro atoms. The number of amidine groups is 1. The molecule has 0 amide bonds. The fraction of sp³-hybridized carbons (Fsp3) is 0.227. The Morgan fingerprint density at radius 2 is 2.15 bits per heavy atom. The topological polar surface area (TPSA) is 47.9 Å². The van der Waals surface area contributed by atoms with E-state index < -0.39 is 0 Å². The summed E-state index contributed by atoms with van der Waals surface area (Å²) >= 11 is 1.58. The van der Waals surface area contributed by atoms with Crippen molar-refractivity contribution in [3.8, 4) is 0 Å². The Hall–Kier alpha value is -2.59. The summed E-state index contributed by atoms with van der Waals surface area (Å²) in [5, 5.41) is 17.0. The van der Waals surface area contributed by atoms with Crippen LogP contribution in [0.3, 0.4) is 0 Å². The zero-order valence-electron chi connectivity index (χ0n) is 14.7. The van der Waals surface area contributed by atoms with Crippen molar-refractivity contribution in [2.75, 3.05) is 11.9 Å². The summed E-state index contributed by atoms with van der Waals surface area (Å²) in [6, 6.07) is 12.4. The Morgan fingerprint density at radius 1 is 1.19 bits per heavy atom. The van der Waals surface area contributed by atoms with E-state index in [2.05, 4.69) is 47.1 Å². The summed E-state index contributed by atoms with van der Waals surface area (Å²) in [6.45, 7) is 1.04. The number of allylic oxidation sites excluding steroid dienone is 5. The lowest BCUT2D eigenvalue weighted by atomic mass is 9.89. The van der Waals surface area contributed by atoms with Gasteiger partial charge in [-0.2, -0.15) is 0 Å². The normalized spacial score (nSPS) is 15.9. The van der Waals surface area contributed by atoms with E-state index in [-0.39, 0.29) is 0 Å². The standard InChI is InChI=1S/C22H23N3S/c23-22(21-9-4-14-26-21)25-18-7-3-5-16(15-18)10-11-20-19-8-2-1-6-17(19)12-13-24-20/h1-7,9,14-15,24H,8,10-13H2,(H2,23,25). The maximum atomic E-state index is 8.19. The predicted octanol–water partition coefficient (Wildman–Crippen LogP) is 5.25. The molecule has 1 aliphatic heterocycles. The van der Waals surface area contributed by atoms with Gasteiger partial charge in [-0.3, -0.25) is 5.41 Å². The Balaban J connectivity index is 1.43. The lowest BCUT2D eigenvalue weighted by molar-refractivity contribution is 0.683. The second-order valence-corrected chi connectivity index (χ2v) is 7.58. The molecule has 2 aromatic rings. The molecule has 0 atom stereocenters. The van der Waals surface area contributed by atoms with Crippen LogP contribution in [0.5, 0.6) is 0 Å². The Kier molecular flexibility index (Phi) is 5.02. The van der Waals surface area contributed by atoms with Crippen molar-refractivity contribution in [2.45, 2.75) is 25.7 Å². The molecule has 4 rings (SSSR count). The number of anilines is 1. The van der Waals surface area contributed by atoms with Crippen LogP contribution in [0.2, 0.25) is 0 Å². The SMILES string of the molecule is N=C(Nc1cccc(CCC2=C3CC=CC=C3CCN2)c1)c1cccs1. The molecule has 2 aliphatic rings. The van der Waals surface area contributed by atoms with Crippen molar-refractivity contribution in [1.82, 2.24) is 5.32 Å². The van der Waals surface area contributed by atoms with Crippen molar-refractivity contribution >= 4 is 22.9 Å². The third-order valence-electron chi connectivity index (χ3n) is 4.87. The largest absolute Gasteiger partial charge is 0.388 e. The molecule has 3 N–H and O–H groups in total. The molecule has 26 heavy (non-hydrogen) atoms. The molecule has 0 radical (unpaired) electrons. The summed E-state index contributed by atoms with van der Waals surface area (Å²) in [7, 11) is 0. The van der Waals surface area contributed by atoms with Crippen LogP contribution in [0.4, 0.5) is 5.69 Å². The van der Waals surface area contributed by atoms with Gasteiger partial charge in [0.2, 0.25) is 0 Å². The molecule has 0 saturated heterocycles. The van der Waals surface area contributed by atoms with Gasteiger partial charge in [0.25, 0.3) is 0 Å². The minimum Gasteiger partial charge on any atom is -0.388 e. The third kappa shape index (κ3) is 3.81. The van der Waals surface area contributed by atoms with Gasteiger partial charge in [0.1, 0.15) is 5.84 Å². The van der Waals surface area contributed by atoms with E-state index in [0.717, 1.165) is 42.8 Å². The molecule has 1 aliphatic carbocycles. The highest BCUT2D eigenvalue weighted by atomic mass is 32.1. The minimum absolute atomic E-state index is 0.458. The predicted molar refractivity (Wildman–Crippen MR) is 111 cm³/mol. The summed E-state index contributed by atoms with van der Waals surface area (Å²) in [6.07, 6.45) is 10.9. The van der Waals surface area contributed by atoms with E-state index in [1.54, 1.807) is 11.3 Å². The first-order chi connectivity index (χ1) is 12.8. The number of benzene rings is 1. The number of aryl methyl sites for hydroxylation is 1. The van der Waals surface area contributed by atoms with Crippen LogP contribution < -0.4 is 10.6 Å². The van der Waals surface area contributed by atoms with Gasteiger partial charge in [0.05, 0.1) is 4.88 Å². The number of hydrogen-bond acceptors (Lipinski definition) is 3. The van der Waals surface area contributed by atoms with Crippen molar-refractivity contribution in [2.24, 2.45) is 0 Å². The number of thiophene rings is 1. The van der Waals surface area contributed by atoms with Gasteiger partial charge < -0.3 is 10.6 Å². The lowest BCUT2D eigenvalue weighted by Gasteiger charge is -2.26. The summed E-state index contributed by atoms with van der Waals surface area (Å²) in [5.74, 6) is 0.458. The summed E-state index contributed by atoms with van der Waals surface area (Å²) < 4.78 is 0. The molecular formula is C22H23N3S. The van der Waals surface area contributed by atoms with E-state index >= 15 is 0 Å². The van der Waals surface area contributed by atoms with Gasteiger partial charge in [-0.25, -0.2) is 0 Å². The van der Waals surface area contributed by atoms with Crippen LogP contribution in [-0.4, -0.2) is 12.4 Å². The molecule has 2 heterocycles. The first kappa shape index (κ1) is 16.9. The van der Waals surface area contributed by atoms with Crippen molar-refractivity contribution in [3.63, 3.8) is 0 Å². The highest BCUT2D eigenvalue weighted by Gasteiger charge is 2.17. The van der Waals surface area contributed by atoms with Crippen molar-refractivity contribution in [1.29, 1.82) is 5.41 Å². The molecule has 3 nitrogen and oxygen atoms in total. The van der Waals surface area contributed by atoms with Crippen LogP contribution in [0.15, 0.2) is 76.8 Å². The summed E-state index contributed by atoms with van der Waals surface area (Å²) in [5.41, 5.74) is 6.67.